The summed E-state index contributed by atoms with van der Waals surface area (Å²) < 4.78 is 20.2. The van der Waals surface area contributed by atoms with Crippen LogP contribution in [0, 0.1) is 0 Å². The van der Waals surface area contributed by atoms with Gasteiger partial charge in [-0.2, -0.15) is 5.10 Å². The number of pyridine rings is 2. The van der Waals surface area contributed by atoms with Crippen molar-refractivity contribution in [2.75, 3.05) is 31.2 Å². The third kappa shape index (κ3) is 5.35. The van der Waals surface area contributed by atoms with Crippen LogP contribution in [-0.2, 0) is 11.8 Å². The average Bonchev–Trinajstić information content (AvgIpc) is 3.31. The van der Waals surface area contributed by atoms with Crippen LogP contribution >= 0.6 is 0 Å². The van der Waals surface area contributed by atoms with Gasteiger partial charge in [-0.3, -0.25) is 4.98 Å². The maximum atomic E-state index is 8.96. The van der Waals surface area contributed by atoms with Gasteiger partial charge in [0, 0.05) is 85.6 Å². The summed E-state index contributed by atoms with van der Waals surface area (Å²) in [5, 5.41) is 19.6. The average molecular weight is 567 g/mol. The maximum Gasteiger partial charge on any atom is 0.213 e. The Balaban J connectivity index is 0.890. The van der Waals surface area contributed by atoms with Gasteiger partial charge in [-0.1, -0.05) is 12.1 Å². The zero-order valence-corrected chi connectivity index (χ0v) is 23.6. The largest absolute Gasteiger partial charge is 0.489 e. The van der Waals surface area contributed by atoms with Crippen molar-refractivity contribution in [3.63, 3.8) is 0 Å². The highest BCUT2D eigenvalue weighted by molar-refractivity contribution is 6.08. The van der Waals surface area contributed by atoms with E-state index in [1.165, 1.54) is 21.8 Å². The Morgan fingerprint density at radius 2 is 1.74 bits per heavy atom. The second-order valence-electron chi connectivity index (χ2n) is 11.0. The predicted molar refractivity (Wildman–Crippen MR) is 160 cm³/mol. The Bertz CT molecular complexity index is 1680. The molecule has 10 nitrogen and oxygen atoms in total. The molecular formula is C32H34N6O4. The summed E-state index contributed by atoms with van der Waals surface area (Å²) in [6.45, 7) is 1.93. The lowest BCUT2D eigenvalue weighted by atomic mass is 9.91. The van der Waals surface area contributed by atoms with Gasteiger partial charge in [-0.05, 0) is 36.6 Å². The minimum absolute atomic E-state index is 0.0289. The number of rotatable bonds is 9. The molecular weight excluding hydrogens is 532 g/mol. The lowest BCUT2D eigenvalue weighted by Gasteiger charge is -2.39. The summed E-state index contributed by atoms with van der Waals surface area (Å²) in [5.41, 5.74) is 4.53. The summed E-state index contributed by atoms with van der Waals surface area (Å²) >= 11 is 0. The summed E-state index contributed by atoms with van der Waals surface area (Å²) in [7, 11) is 2.09. The normalized spacial score (nSPS) is 19.2. The molecule has 0 radical (unpaired) electrons. The SMILES string of the molecule is Cn1c2ccncc2c2ccc(-c3ccc(OC4CC(OC5CCN(c6cc(OCCO)cnn6)CC5)C4)nc3)cc21. The monoisotopic (exact) mass is 566 g/mol. The van der Waals surface area contributed by atoms with Crippen LogP contribution < -0.4 is 14.4 Å². The van der Waals surface area contributed by atoms with E-state index in [1.807, 2.05) is 30.7 Å². The van der Waals surface area contributed by atoms with Crippen LogP contribution in [0.1, 0.15) is 25.7 Å². The summed E-state index contributed by atoms with van der Waals surface area (Å²) in [4.78, 5) is 11.1. The Labute approximate surface area is 243 Å². The number of fused-ring (bicyclic) bond motifs is 3. The fourth-order valence-corrected chi connectivity index (χ4v) is 5.98. The molecule has 2 aliphatic rings. The molecule has 42 heavy (non-hydrogen) atoms. The molecule has 0 spiro atoms. The highest BCUT2D eigenvalue weighted by Gasteiger charge is 2.35. The van der Waals surface area contributed by atoms with E-state index < -0.39 is 0 Å². The number of ether oxygens (including phenoxy) is 3. The van der Waals surface area contributed by atoms with E-state index >= 15 is 0 Å². The van der Waals surface area contributed by atoms with E-state index in [0.717, 1.165) is 55.7 Å². The first-order chi connectivity index (χ1) is 20.6. The third-order valence-corrected chi connectivity index (χ3v) is 8.34. The van der Waals surface area contributed by atoms with E-state index in [0.29, 0.717) is 11.6 Å². The van der Waals surface area contributed by atoms with Crippen molar-refractivity contribution >= 4 is 27.6 Å². The fraction of sp³-hybridized carbons (Fsp3) is 0.375. The minimum atomic E-state index is -0.0289. The number of hydrogen-bond donors (Lipinski definition) is 1. The number of aliphatic hydroxyl groups excluding tert-OH is 1. The second kappa shape index (κ2) is 11.5. The Kier molecular flexibility index (Phi) is 7.31. The van der Waals surface area contributed by atoms with Crippen LogP contribution in [0.15, 0.2) is 67.3 Å². The topological polar surface area (TPSA) is 108 Å². The van der Waals surface area contributed by atoms with Crippen molar-refractivity contribution in [2.24, 2.45) is 7.05 Å². The van der Waals surface area contributed by atoms with E-state index in [4.69, 9.17) is 19.3 Å². The first kappa shape index (κ1) is 26.6. The van der Waals surface area contributed by atoms with Gasteiger partial charge in [0.25, 0.3) is 0 Å². The number of aromatic nitrogens is 5. The van der Waals surface area contributed by atoms with Gasteiger partial charge in [0.2, 0.25) is 5.88 Å². The molecule has 2 fully saturated rings. The summed E-state index contributed by atoms with van der Waals surface area (Å²) in [6, 6.07) is 14.5. The van der Waals surface area contributed by atoms with Crippen molar-refractivity contribution in [2.45, 2.75) is 44.0 Å². The number of aryl methyl sites for hydroxylation is 1. The van der Waals surface area contributed by atoms with Gasteiger partial charge in [0.1, 0.15) is 18.5 Å². The van der Waals surface area contributed by atoms with E-state index in [9.17, 15) is 0 Å². The lowest BCUT2D eigenvalue weighted by Crippen LogP contribution is -2.44. The fourth-order valence-electron chi connectivity index (χ4n) is 5.98. The molecule has 5 heterocycles. The number of aliphatic hydroxyl groups is 1. The second-order valence-corrected chi connectivity index (χ2v) is 11.0. The van der Waals surface area contributed by atoms with Gasteiger partial charge in [-0.15, -0.1) is 5.10 Å². The Hall–Kier alpha value is -4.28. The van der Waals surface area contributed by atoms with Gasteiger partial charge in [0.05, 0.1) is 30.5 Å². The van der Waals surface area contributed by atoms with Crippen molar-refractivity contribution in [1.29, 1.82) is 0 Å². The molecule has 7 rings (SSSR count). The lowest BCUT2D eigenvalue weighted by molar-refractivity contribution is -0.102. The molecule has 1 saturated heterocycles. The Morgan fingerprint density at radius 1 is 0.881 bits per heavy atom. The molecule has 1 aliphatic carbocycles. The zero-order valence-electron chi connectivity index (χ0n) is 23.6. The molecule has 1 aliphatic heterocycles. The van der Waals surface area contributed by atoms with Crippen LogP contribution in [0.5, 0.6) is 11.6 Å². The molecule has 0 atom stereocenters. The van der Waals surface area contributed by atoms with Crippen molar-refractivity contribution in [3.05, 3.63) is 67.3 Å². The van der Waals surface area contributed by atoms with E-state index in [2.05, 4.69) is 67.0 Å². The zero-order chi connectivity index (χ0) is 28.5. The van der Waals surface area contributed by atoms with Gasteiger partial charge < -0.3 is 28.8 Å². The standard InChI is InChI=1S/C32H34N6O4/c1-37-29-6-9-33-20-28(29)27-4-2-21(14-30(27)37)22-3-5-32(34-18-22)42-25-15-24(16-25)41-23-7-10-38(11-8-23)31-17-26(19-35-36-31)40-13-12-39/h2-6,9,14,17-20,23-25,39H,7-8,10-13,15-16H2,1H3. The smallest absolute Gasteiger partial charge is 0.213 e. The van der Waals surface area contributed by atoms with Crippen LogP contribution in [0.2, 0.25) is 0 Å². The minimum Gasteiger partial charge on any atom is -0.489 e. The number of anilines is 1. The van der Waals surface area contributed by atoms with Crippen LogP contribution in [0.4, 0.5) is 5.82 Å². The van der Waals surface area contributed by atoms with Gasteiger partial charge in [0.15, 0.2) is 5.82 Å². The third-order valence-electron chi connectivity index (χ3n) is 8.34. The molecule has 1 saturated carbocycles. The van der Waals surface area contributed by atoms with Crippen LogP contribution in [0.25, 0.3) is 32.9 Å². The van der Waals surface area contributed by atoms with Crippen molar-refractivity contribution in [1.82, 2.24) is 24.7 Å². The molecule has 0 amide bonds. The molecule has 0 bridgehead atoms. The molecule has 216 valence electrons. The molecule has 1 aromatic carbocycles. The van der Waals surface area contributed by atoms with E-state index in [-0.39, 0.29) is 31.5 Å². The number of nitrogens with zero attached hydrogens (tertiary/aromatic N) is 6. The molecule has 10 heteroatoms. The van der Waals surface area contributed by atoms with Gasteiger partial charge in [-0.25, -0.2) is 4.98 Å². The van der Waals surface area contributed by atoms with Crippen LogP contribution in [-0.4, -0.2) is 74.5 Å². The number of hydrogen-bond acceptors (Lipinski definition) is 9. The molecule has 0 unspecified atom stereocenters. The molecule has 5 aromatic rings. The quantitative estimate of drug-likeness (QED) is 0.275. The molecule has 4 aromatic heterocycles. The first-order valence-electron chi connectivity index (χ1n) is 14.6. The highest BCUT2D eigenvalue weighted by atomic mass is 16.5. The highest BCUT2D eigenvalue weighted by Crippen LogP contribution is 2.33. The first-order valence-corrected chi connectivity index (χ1v) is 14.6. The van der Waals surface area contributed by atoms with Crippen LogP contribution in [0.3, 0.4) is 0 Å². The van der Waals surface area contributed by atoms with E-state index in [1.54, 1.807) is 6.20 Å². The maximum absolute atomic E-state index is 8.96. The van der Waals surface area contributed by atoms with Crippen molar-refractivity contribution in [3.8, 4) is 22.8 Å². The summed E-state index contributed by atoms with van der Waals surface area (Å²) in [6.07, 6.45) is 11.5. The predicted octanol–water partition coefficient (Wildman–Crippen LogP) is 4.55. The number of benzene rings is 1. The number of piperidine rings is 1. The Morgan fingerprint density at radius 3 is 2.55 bits per heavy atom. The van der Waals surface area contributed by atoms with Gasteiger partial charge >= 0.3 is 0 Å². The van der Waals surface area contributed by atoms with Crippen molar-refractivity contribution < 1.29 is 19.3 Å². The summed E-state index contributed by atoms with van der Waals surface area (Å²) in [5.74, 6) is 2.07. The molecule has 1 N–H and O–H groups in total.